The zero-order chi connectivity index (χ0) is 13.4. The predicted molar refractivity (Wildman–Crippen MR) is 79.5 cm³/mol. The number of hydrogen-bond donors (Lipinski definition) is 1. The molecule has 1 heterocycles. The Kier molecular flexibility index (Phi) is 2.86. The topological polar surface area (TPSA) is 28.7 Å². The van der Waals surface area contributed by atoms with Crippen LogP contribution < -0.4 is 0 Å². The first-order valence-corrected chi connectivity index (χ1v) is 6.67. The minimum Gasteiger partial charge on any atom is -0.341 e. The molecule has 0 aliphatic carbocycles. The third-order valence-electron chi connectivity index (χ3n) is 3.91. The fourth-order valence-electron chi connectivity index (χ4n) is 2.44. The molecule has 0 spiro atoms. The van der Waals surface area contributed by atoms with Crippen LogP contribution in [0.3, 0.4) is 0 Å². The van der Waals surface area contributed by atoms with Gasteiger partial charge in [0, 0.05) is 5.92 Å². The third kappa shape index (κ3) is 2.03. The summed E-state index contributed by atoms with van der Waals surface area (Å²) in [4.78, 5) is 8.24. The van der Waals surface area contributed by atoms with Crippen molar-refractivity contribution in [2.45, 2.75) is 26.7 Å². The minimum atomic E-state index is 0.285. The van der Waals surface area contributed by atoms with Crippen LogP contribution in [-0.4, -0.2) is 9.97 Å². The van der Waals surface area contributed by atoms with E-state index in [1.807, 2.05) is 6.07 Å². The molecule has 1 unspecified atom stereocenters. The number of H-pyrrole nitrogens is 1. The number of aromatic nitrogens is 2. The van der Waals surface area contributed by atoms with E-state index >= 15 is 0 Å². The van der Waals surface area contributed by atoms with Gasteiger partial charge in [-0.05, 0) is 36.6 Å². The van der Waals surface area contributed by atoms with Crippen LogP contribution in [0.25, 0.3) is 11.0 Å². The molecule has 1 atom stereocenters. The summed E-state index contributed by atoms with van der Waals surface area (Å²) >= 11 is 0. The normalized spacial score (nSPS) is 12.8. The van der Waals surface area contributed by atoms with E-state index < -0.39 is 0 Å². The maximum atomic E-state index is 4.79. The molecule has 3 rings (SSSR count). The molecule has 0 bridgehead atoms. The molecule has 3 aromatic rings. The van der Waals surface area contributed by atoms with Gasteiger partial charge in [0.1, 0.15) is 5.82 Å². The van der Waals surface area contributed by atoms with Crippen molar-refractivity contribution in [1.82, 2.24) is 9.97 Å². The van der Waals surface area contributed by atoms with E-state index in [9.17, 15) is 0 Å². The van der Waals surface area contributed by atoms with Crippen LogP contribution in [0.1, 0.15) is 35.4 Å². The highest BCUT2D eigenvalue weighted by Crippen LogP contribution is 2.26. The molecule has 1 aromatic heterocycles. The standard InChI is InChI=1S/C17H18N2/c1-11-9-10-15-16(12(11)2)19-17(18-15)13(3)14-7-5-4-6-8-14/h4-10,13H,1-3H3,(H,18,19). The second-order valence-corrected chi connectivity index (χ2v) is 5.16. The average molecular weight is 250 g/mol. The largest absolute Gasteiger partial charge is 0.341 e. The van der Waals surface area contributed by atoms with E-state index in [-0.39, 0.29) is 5.92 Å². The van der Waals surface area contributed by atoms with E-state index in [2.05, 4.69) is 62.2 Å². The lowest BCUT2D eigenvalue weighted by atomic mass is 10.0. The van der Waals surface area contributed by atoms with E-state index in [0.29, 0.717) is 0 Å². The molecule has 0 aliphatic rings. The number of imidazole rings is 1. The number of benzene rings is 2. The number of fused-ring (bicyclic) bond motifs is 1. The Hall–Kier alpha value is -2.09. The van der Waals surface area contributed by atoms with Crippen molar-refractivity contribution in [2.24, 2.45) is 0 Å². The molecule has 0 saturated carbocycles. The number of rotatable bonds is 2. The Morgan fingerprint density at radius 1 is 1.00 bits per heavy atom. The molecular weight excluding hydrogens is 232 g/mol. The number of nitrogens with zero attached hydrogens (tertiary/aromatic N) is 1. The summed E-state index contributed by atoms with van der Waals surface area (Å²) in [5.41, 5.74) is 6.06. The molecule has 2 aromatic carbocycles. The first kappa shape index (κ1) is 12.0. The molecule has 0 radical (unpaired) electrons. The van der Waals surface area contributed by atoms with Gasteiger partial charge in [0.25, 0.3) is 0 Å². The molecule has 2 nitrogen and oxygen atoms in total. The summed E-state index contributed by atoms with van der Waals surface area (Å²) in [6, 6.07) is 14.8. The molecule has 0 amide bonds. The Labute approximate surface area is 113 Å². The van der Waals surface area contributed by atoms with Crippen LogP contribution in [0.2, 0.25) is 0 Å². The Balaban J connectivity index is 2.09. The fourth-order valence-corrected chi connectivity index (χ4v) is 2.44. The molecule has 0 saturated heterocycles. The Morgan fingerprint density at radius 3 is 2.47 bits per heavy atom. The van der Waals surface area contributed by atoms with Crippen LogP contribution in [-0.2, 0) is 0 Å². The molecule has 0 fully saturated rings. The summed E-state index contributed by atoms with van der Waals surface area (Å²) in [5.74, 6) is 1.32. The van der Waals surface area contributed by atoms with E-state index in [4.69, 9.17) is 4.98 Å². The van der Waals surface area contributed by atoms with Crippen LogP contribution >= 0.6 is 0 Å². The van der Waals surface area contributed by atoms with Gasteiger partial charge in [-0.25, -0.2) is 4.98 Å². The molecule has 1 N–H and O–H groups in total. The van der Waals surface area contributed by atoms with Crippen molar-refractivity contribution in [2.75, 3.05) is 0 Å². The second kappa shape index (κ2) is 4.54. The minimum absolute atomic E-state index is 0.285. The number of aryl methyl sites for hydroxylation is 2. The van der Waals surface area contributed by atoms with Gasteiger partial charge in [-0.1, -0.05) is 43.3 Å². The van der Waals surface area contributed by atoms with Gasteiger partial charge in [-0.15, -0.1) is 0 Å². The van der Waals surface area contributed by atoms with Gasteiger partial charge in [0.05, 0.1) is 11.0 Å². The lowest BCUT2D eigenvalue weighted by molar-refractivity contribution is 0.845. The summed E-state index contributed by atoms with van der Waals surface area (Å²) in [7, 11) is 0. The Morgan fingerprint density at radius 2 is 1.74 bits per heavy atom. The van der Waals surface area contributed by atoms with Crippen molar-refractivity contribution in [3.05, 3.63) is 65.0 Å². The van der Waals surface area contributed by atoms with Crippen LogP contribution in [0, 0.1) is 13.8 Å². The van der Waals surface area contributed by atoms with Gasteiger partial charge >= 0.3 is 0 Å². The summed E-state index contributed by atoms with van der Waals surface area (Å²) in [5, 5.41) is 0. The van der Waals surface area contributed by atoms with Crippen molar-refractivity contribution in [3.8, 4) is 0 Å². The average Bonchev–Trinajstić information content (AvgIpc) is 2.88. The highest BCUT2D eigenvalue weighted by atomic mass is 14.9. The Bertz CT molecular complexity index is 711. The second-order valence-electron chi connectivity index (χ2n) is 5.16. The highest BCUT2D eigenvalue weighted by Gasteiger charge is 2.14. The lowest BCUT2D eigenvalue weighted by Gasteiger charge is -2.07. The zero-order valence-electron chi connectivity index (χ0n) is 11.6. The predicted octanol–water partition coefficient (Wildman–Crippen LogP) is 4.33. The third-order valence-corrected chi connectivity index (χ3v) is 3.91. The number of hydrogen-bond acceptors (Lipinski definition) is 1. The van der Waals surface area contributed by atoms with Gasteiger partial charge in [0.2, 0.25) is 0 Å². The fraction of sp³-hybridized carbons (Fsp3) is 0.235. The maximum Gasteiger partial charge on any atom is 0.114 e. The van der Waals surface area contributed by atoms with E-state index in [1.54, 1.807) is 0 Å². The highest BCUT2D eigenvalue weighted by molar-refractivity contribution is 5.80. The van der Waals surface area contributed by atoms with Gasteiger partial charge in [0.15, 0.2) is 0 Å². The van der Waals surface area contributed by atoms with Crippen molar-refractivity contribution < 1.29 is 0 Å². The van der Waals surface area contributed by atoms with Crippen molar-refractivity contribution >= 4 is 11.0 Å². The summed E-state index contributed by atoms with van der Waals surface area (Å²) in [6.07, 6.45) is 0. The first-order chi connectivity index (χ1) is 9.16. The number of aromatic amines is 1. The van der Waals surface area contributed by atoms with Gasteiger partial charge in [-0.2, -0.15) is 0 Å². The van der Waals surface area contributed by atoms with Crippen LogP contribution in [0.4, 0.5) is 0 Å². The molecule has 19 heavy (non-hydrogen) atoms. The smallest absolute Gasteiger partial charge is 0.114 e. The van der Waals surface area contributed by atoms with Crippen LogP contribution in [0.15, 0.2) is 42.5 Å². The molecule has 0 aliphatic heterocycles. The summed E-state index contributed by atoms with van der Waals surface area (Å²) in [6.45, 7) is 6.45. The van der Waals surface area contributed by atoms with Crippen molar-refractivity contribution in [3.63, 3.8) is 0 Å². The zero-order valence-corrected chi connectivity index (χ0v) is 11.6. The molecular formula is C17H18N2. The number of nitrogens with one attached hydrogen (secondary N) is 1. The van der Waals surface area contributed by atoms with E-state index in [0.717, 1.165) is 16.9 Å². The summed E-state index contributed by atoms with van der Waals surface area (Å²) < 4.78 is 0. The van der Waals surface area contributed by atoms with E-state index in [1.165, 1.54) is 16.7 Å². The quantitative estimate of drug-likeness (QED) is 0.720. The monoisotopic (exact) mass is 250 g/mol. The van der Waals surface area contributed by atoms with Gasteiger partial charge < -0.3 is 4.98 Å². The lowest BCUT2D eigenvalue weighted by Crippen LogP contribution is -1.97. The SMILES string of the molecule is Cc1ccc2[nH]c(C(C)c3ccccc3)nc2c1C. The van der Waals surface area contributed by atoms with Gasteiger partial charge in [-0.3, -0.25) is 0 Å². The first-order valence-electron chi connectivity index (χ1n) is 6.67. The molecule has 2 heteroatoms. The van der Waals surface area contributed by atoms with Crippen molar-refractivity contribution in [1.29, 1.82) is 0 Å². The van der Waals surface area contributed by atoms with Crippen LogP contribution in [0.5, 0.6) is 0 Å². The maximum absolute atomic E-state index is 4.79. The molecule has 96 valence electrons.